The van der Waals surface area contributed by atoms with Gasteiger partial charge in [-0.1, -0.05) is 48.5 Å². The molecule has 5 aromatic rings. The third-order valence-electron chi connectivity index (χ3n) is 6.42. The smallest absolute Gasteiger partial charge is 0.269 e. The van der Waals surface area contributed by atoms with E-state index in [4.69, 9.17) is 4.74 Å². The summed E-state index contributed by atoms with van der Waals surface area (Å²) in [6.45, 7) is 2.44. The van der Waals surface area contributed by atoms with Crippen molar-refractivity contribution in [3.8, 4) is 0 Å². The van der Waals surface area contributed by atoms with Crippen LogP contribution in [-0.4, -0.2) is 52.4 Å². The zero-order valence-corrected chi connectivity index (χ0v) is 20.8. The Morgan fingerprint density at radius 3 is 2.18 bits per heavy atom. The standard InChI is InChI=1S/C28H24N8O3/c37-36(38)22-11-9-21(10-12-22)30-26-31-27(33-28(32-26)35-13-15-39-16-14-35)34-29-18-25-23-7-3-1-5-19(23)17-20-6-2-4-8-24(20)25/h1-12,17-18H,13-16H2,(H2,30,31,32,33,34)/b29-18+. The fourth-order valence-electron chi connectivity index (χ4n) is 4.51. The van der Waals surface area contributed by atoms with E-state index in [0.29, 0.717) is 37.9 Å². The number of non-ortho nitro benzene ring substituents is 1. The van der Waals surface area contributed by atoms with Gasteiger partial charge in [0.1, 0.15) is 0 Å². The van der Waals surface area contributed by atoms with Gasteiger partial charge in [0.05, 0.1) is 24.4 Å². The second kappa shape index (κ2) is 10.7. The Balaban J connectivity index is 1.32. The molecule has 0 unspecified atom stereocenters. The number of fused-ring (bicyclic) bond motifs is 2. The van der Waals surface area contributed by atoms with Crippen LogP contribution in [0.5, 0.6) is 0 Å². The lowest BCUT2D eigenvalue weighted by atomic mass is 9.97. The maximum Gasteiger partial charge on any atom is 0.269 e. The Labute approximate surface area is 223 Å². The summed E-state index contributed by atoms with van der Waals surface area (Å²) in [5, 5.41) is 23.0. The average molecular weight is 521 g/mol. The number of hydrazone groups is 1. The lowest BCUT2D eigenvalue weighted by molar-refractivity contribution is -0.384. The van der Waals surface area contributed by atoms with Crippen molar-refractivity contribution in [2.75, 3.05) is 41.9 Å². The summed E-state index contributed by atoms with van der Waals surface area (Å²) in [6, 6.07) is 24.6. The number of aromatic nitrogens is 3. The predicted molar refractivity (Wildman–Crippen MR) is 152 cm³/mol. The molecule has 0 radical (unpaired) electrons. The molecule has 0 saturated carbocycles. The Bertz CT molecular complexity index is 1630. The first-order valence-electron chi connectivity index (χ1n) is 12.4. The van der Waals surface area contributed by atoms with Crippen LogP contribution in [0.2, 0.25) is 0 Å². The van der Waals surface area contributed by atoms with Crippen LogP contribution in [0.4, 0.5) is 29.2 Å². The minimum absolute atomic E-state index is 0.00264. The molecule has 2 heterocycles. The number of nitro groups is 1. The number of hydrogen-bond donors (Lipinski definition) is 2. The summed E-state index contributed by atoms with van der Waals surface area (Å²) in [5.74, 6) is 1.02. The van der Waals surface area contributed by atoms with Crippen LogP contribution in [0.3, 0.4) is 0 Å². The van der Waals surface area contributed by atoms with Crippen molar-refractivity contribution in [3.63, 3.8) is 0 Å². The van der Waals surface area contributed by atoms with E-state index >= 15 is 0 Å². The summed E-state index contributed by atoms with van der Waals surface area (Å²) < 4.78 is 5.47. The molecule has 0 spiro atoms. The molecule has 11 heteroatoms. The Morgan fingerprint density at radius 1 is 0.872 bits per heavy atom. The van der Waals surface area contributed by atoms with E-state index in [0.717, 1.165) is 27.1 Å². The zero-order chi connectivity index (χ0) is 26.6. The van der Waals surface area contributed by atoms with E-state index in [1.54, 1.807) is 18.3 Å². The van der Waals surface area contributed by atoms with Gasteiger partial charge in [-0.25, -0.2) is 5.43 Å². The number of nitrogens with zero attached hydrogens (tertiary/aromatic N) is 6. The van der Waals surface area contributed by atoms with E-state index < -0.39 is 4.92 Å². The van der Waals surface area contributed by atoms with Crippen LogP contribution < -0.4 is 15.6 Å². The maximum absolute atomic E-state index is 11.0. The lowest BCUT2D eigenvalue weighted by Gasteiger charge is -2.27. The van der Waals surface area contributed by atoms with Crippen molar-refractivity contribution in [2.45, 2.75) is 0 Å². The molecule has 1 fully saturated rings. The van der Waals surface area contributed by atoms with Crippen LogP contribution >= 0.6 is 0 Å². The van der Waals surface area contributed by atoms with Gasteiger partial charge in [0, 0.05) is 36.5 Å². The largest absolute Gasteiger partial charge is 0.378 e. The first kappa shape index (κ1) is 24.2. The molecule has 39 heavy (non-hydrogen) atoms. The molecule has 6 rings (SSSR count). The highest BCUT2D eigenvalue weighted by Crippen LogP contribution is 2.27. The highest BCUT2D eigenvalue weighted by Gasteiger charge is 2.17. The highest BCUT2D eigenvalue weighted by molar-refractivity contribution is 6.13. The van der Waals surface area contributed by atoms with Gasteiger partial charge in [-0.2, -0.15) is 20.1 Å². The van der Waals surface area contributed by atoms with Gasteiger partial charge >= 0.3 is 0 Å². The molecular formula is C28H24N8O3. The molecule has 0 aliphatic carbocycles. The minimum atomic E-state index is -0.442. The van der Waals surface area contributed by atoms with Crippen molar-refractivity contribution in [2.24, 2.45) is 5.10 Å². The second-order valence-corrected chi connectivity index (χ2v) is 8.91. The van der Waals surface area contributed by atoms with E-state index in [1.807, 2.05) is 29.2 Å². The van der Waals surface area contributed by atoms with Crippen LogP contribution in [0.15, 0.2) is 84.0 Å². The van der Waals surface area contributed by atoms with Crippen LogP contribution in [-0.2, 0) is 4.74 Å². The Morgan fingerprint density at radius 2 is 1.51 bits per heavy atom. The fraction of sp³-hybridized carbons (Fsp3) is 0.143. The number of anilines is 4. The second-order valence-electron chi connectivity index (χ2n) is 8.91. The third kappa shape index (κ3) is 5.29. The summed E-state index contributed by atoms with van der Waals surface area (Å²) in [4.78, 5) is 26.2. The summed E-state index contributed by atoms with van der Waals surface area (Å²) in [6.07, 6.45) is 1.78. The van der Waals surface area contributed by atoms with Crippen LogP contribution in [0.25, 0.3) is 21.5 Å². The van der Waals surface area contributed by atoms with E-state index in [9.17, 15) is 10.1 Å². The number of morpholine rings is 1. The SMILES string of the molecule is O=[N+]([O-])c1ccc(Nc2nc(N/N=C/c3c4ccccc4cc4ccccc34)nc(N3CCOCC3)n2)cc1. The van der Waals surface area contributed by atoms with Gasteiger partial charge in [-0.15, -0.1) is 0 Å². The molecule has 1 aliphatic rings. The number of rotatable bonds is 7. The normalized spacial score (nSPS) is 13.7. The molecule has 0 atom stereocenters. The summed E-state index contributed by atoms with van der Waals surface area (Å²) in [7, 11) is 0. The predicted octanol–water partition coefficient (Wildman–Crippen LogP) is 5.11. The number of ether oxygens (including phenoxy) is 1. The summed E-state index contributed by atoms with van der Waals surface area (Å²) >= 11 is 0. The van der Waals surface area contributed by atoms with Gasteiger partial charge in [0.2, 0.25) is 17.8 Å². The van der Waals surface area contributed by atoms with Crippen molar-refractivity contribution in [1.29, 1.82) is 0 Å². The monoisotopic (exact) mass is 520 g/mol. The van der Waals surface area contributed by atoms with E-state index in [1.165, 1.54) is 12.1 Å². The third-order valence-corrected chi connectivity index (χ3v) is 6.42. The number of nitro benzene ring substituents is 1. The minimum Gasteiger partial charge on any atom is -0.378 e. The molecule has 4 aromatic carbocycles. The molecule has 1 saturated heterocycles. The first-order chi connectivity index (χ1) is 19.1. The average Bonchev–Trinajstić information content (AvgIpc) is 2.97. The van der Waals surface area contributed by atoms with E-state index in [-0.39, 0.29) is 17.6 Å². The van der Waals surface area contributed by atoms with E-state index in [2.05, 4.69) is 61.1 Å². The Kier molecular flexibility index (Phi) is 6.62. The fourth-order valence-corrected chi connectivity index (χ4v) is 4.51. The number of benzene rings is 4. The topological polar surface area (TPSA) is 131 Å². The first-order valence-corrected chi connectivity index (χ1v) is 12.4. The van der Waals surface area contributed by atoms with Gasteiger partial charge in [-0.05, 0) is 39.7 Å². The highest BCUT2D eigenvalue weighted by atomic mass is 16.6. The molecule has 11 nitrogen and oxygen atoms in total. The molecule has 0 bridgehead atoms. The maximum atomic E-state index is 11.0. The molecule has 1 aliphatic heterocycles. The van der Waals surface area contributed by atoms with Gasteiger partial charge < -0.3 is 15.0 Å². The molecule has 0 amide bonds. The van der Waals surface area contributed by atoms with Crippen molar-refractivity contribution < 1.29 is 9.66 Å². The van der Waals surface area contributed by atoms with Crippen molar-refractivity contribution in [1.82, 2.24) is 15.0 Å². The molecule has 194 valence electrons. The van der Waals surface area contributed by atoms with Crippen molar-refractivity contribution in [3.05, 3.63) is 94.5 Å². The van der Waals surface area contributed by atoms with Gasteiger partial charge in [0.15, 0.2) is 0 Å². The van der Waals surface area contributed by atoms with Gasteiger partial charge in [0.25, 0.3) is 5.69 Å². The zero-order valence-electron chi connectivity index (χ0n) is 20.8. The molecular weight excluding hydrogens is 496 g/mol. The molecule has 1 aromatic heterocycles. The lowest BCUT2D eigenvalue weighted by Crippen LogP contribution is -2.37. The number of hydrogen-bond acceptors (Lipinski definition) is 10. The number of nitrogens with one attached hydrogen (secondary N) is 2. The summed E-state index contributed by atoms with van der Waals surface area (Å²) in [5.41, 5.74) is 4.57. The van der Waals surface area contributed by atoms with Crippen molar-refractivity contribution >= 4 is 57.0 Å². The van der Waals surface area contributed by atoms with Crippen LogP contribution in [0, 0.1) is 10.1 Å². The van der Waals surface area contributed by atoms with Crippen LogP contribution in [0.1, 0.15) is 5.56 Å². The molecule has 2 N–H and O–H groups in total. The van der Waals surface area contributed by atoms with Gasteiger partial charge in [-0.3, -0.25) is 10.1 Å². The Hall–Kier alpha value is -5.16. The quantitative estimate of drug-likeness (QED) is 0.130.